The monoisotopic (exact) mass is 318 g/mol. The molecule has 2 aromatic heterocycles. The number of imidazole rings is 1. The fraction of sp³-hybridized carbons (Fsp3) is 0.647. The van der Waals surface area contributed by atoms with Gasteiger partial charge in [0.25, 0.3) is 0 Å². The summed E-state index contributed by atoms with van der Waals surface area (Å²) in [6, 6.07) is 0. The number of piperidine rings is 1. The van der Waals surface area contributed by atoms with Gasteiger partial charge in [0.15, 0.2) is 0 Å². The zero-order valence-corrected chi connectivity index (χ0v) is 14.6. The summed E-state index contributed by atoms with van der Waals surface area (Å²) in [5.41, 5.74) is 1.25. The Hall–Kier alpha value is -1.20. The lowest BCUT2D eigenvalue weighted by molar-refractivity contribution is 0.193. The lowest BCUT2D eigenvalue weighted by Crippen LogP contribution is -2.34. The van der Waals surface area contributed by atoms with Crippen LogP contribution in [0.1, 0.15) is 62.0 Å². The van der Waals surface area contributed by atoms with Crippen LogP contribution in [0.3, 0.4) is 0 Å². The van der Waals surface area contributed by atoms with Gasteiger partial charge in [-0.25, -0.2) is 9.97 Å². The van der Waals surface area contributed by atoms with Crippen molar-refractivity contribution in [3.05, 3.63) is 34.3 Å². The molecule has 1 aliphatic heterocycles. The van der Waals surface area contributed by atoms with Gasteiger partial charge in [-0.1, -0.05) is 13.8 Å². The molecule has 0 saturated carbocycles. The van der Waals surface area contributed by atoms with Gasteiger partial charge in [-0.2, -0.15) is 0 Å². The van der Waals surface area contributed by atoms with Crippen molar-refractivity contribution in [3.8, 4) is 0 Å². The Morgan fingerprint density at radius 1 is 1.41 bits per heavy atom. The quantitative estimate of drug-likeness (QED) is 0.839. The van der Waals surface area contributed by atoms with Gasteiger partial charge < -0.3 is 4.57 Å². The lowest BCUT2D eigenvalue weighted by Gasteiger charge is -2.31. The minimum absolute atomic E-state index is 0.529. The predicted octanol–water partition coefficient (Wildman–Crippen LogP) is 3.86. The number of thiazole rings is 1. The first kappa shape index (κ1) is 15.7. The number of nitrogens with zero attached hydrogens (tertiary/aromatic N) is 4. The summed E-state index contributed by atoms with van der Waals surface area (Å²) in [5, 5.41) is 3.56. The first-order valence-corrected chi connectivity index (χ1v) is 9.23. The molecule has 5 heteroatoms. The molecule has 2 aromatic rings. The number of rotatable bonds is 5. The molecule has 0 aromatic carbocycles. The van der Waals surface area contributed by atoms with E-state index in [1.165, 1.54) is 35.9 Å². The lowest BCUT2D eigenvalue weighted by atomic mass is 9.98. The first-order valence-electron chi connectivity index (χ1n) is 8.35. The van der Waals surface area contributed by atoms with Crippen LogP contribution in [0.2, 0.25) is 0 Å². The van der Waals surface area contributed by atoms with Gasteiger partial charge in [-0.15, -0.1) is 11.3 Å². The van der Waals surface area contributed by atoms with Crippen molar-refractivity contribution >= 4 is 11.3 Å². The molecule has 0 amide bonds. The maximum atomic E-state index is 4.87. The van der Waals surface area contributed by atoms with Gasteiger partial charge in [0.05, 0.1) is 17.2 Å². The summed E-state index contributed by atoms with van der Waals surface area (Å²) < 4.78 is 2.24. The van der Waals surface area contributed by atoms with E-state index in [-0.39, 0.29) is 0 Å². The van der Waals surface area contributed by atoms with Crippen molar-refractivity contribution in [3.63, 3.8) is 0 Å². The summed E-state index contributed by atoms with van der Waals surface area (Å²) in [6.45, 7) is 10.9. The van der Waals surface area contributed by atoms with E-state index in [0.717, 1.165) is 19.6 Å². The van der Waals surface area contributed by atoms with Crippen molar-refractivity contribution in [1.29, 1.82) is 0 Å². The van der Waals surface area contributed by atoms with E-state index < -0.39 is 0 Å². The Bertz CT molecular complexity index is 601. The second-order valence-electron chi connectivity index (χ2n) is 6.47. The van der Waals surface area contributed by atoms with Crippen molar-refractivity contribution in [2.24, 2.45) is 0 Å². The van der Waals surface area contributed by atoms with Gasteiger partial charge in [-0.3, -0.25) is 4.90 Å². The van der Waals surface area contributed by atoms with Gasteiger partial charge in [0, 0.05) is 36.8 Å². The zero-order chi connectivity index (χ0) is 15.5. The Balaban J connectivity index is 1.66. The number of aryl methyl sites for hydroxylation is 1. The molecular weight excluding hydrogens is 292 g/mol. The van der Waals surface area contributed by atoms with Crippen LogP contribution in [-0.2, 0) is 13.1 Å². The molecule has 0 aliphatic carbocycles. The molecule has 1 atom stereocenters. The second kappa shape index (κ2) is 6.92. The summed E-state index contributed by atoms with van der Waals surface area (Å²) in [7, 11) is 0. The number of hydrogen-bond donors (Lipinski definition) is 0. The van der Waals surface area contributed by atoms with Crippen LogP contribution in [0.5, 0.6) is 0 Å². The first-order chi connectivity index (χ1) is 10.7. The van der Waals surface area contributed by atoms with Crippen LogP contribution in [0.25, 0.3) is 0 Å². The summed E-state index contributed by atoms with van der Waals surface area (Å²) >= 11 is 1.84. The highest BCUT2D eigenvalue weighted by Gasteiger charge is 2.24. The third kappa shape index (κ3) is 3.41. The minimum atomic E-state index is 0.529. The third-order valence-corrected chi connectivity index (χ3v) is 5.52. The maximum absolute atomic E-state index is 4.87. The van der Waals surface area contributed by atoms with Crippen LogP contribution in [0.4, 0.5) is 0 Å². The second-order valence-corrected chi connectivity index (χ2v) is 7.36. The summed E-state index contributed by atoms with van der Waals surface area (Å²) in [4.78, 5) is 11.9. The van der Waals surface area contributed by atoms with Gasteiger partial charge >= 0.3 is 0 Å². The summed E-state index contributed by atoms with van der Waals surface area (Å²) in [6.07, 6.45) is 6.51. The molecule has 0 radical (unpaired) electrons. The standard InChI is InChI=1S/C17H26N4S/c1-4-21-9-7-18-16(21)11-20-8-5-6-14(10-20)17-19-15(12-22-17)13(2)3/h7,9,12-14H,4-6,8,10-11H2,1-3H3. The molecule has 0 N–H and O–H groups in total. The van der Waals surface area contributed by atoms with Crippen LogP contribution < -0.4 is 0 Å². The highest BCUT2D eigenvalue weighted by atomic mass is 32.1. The van der Waals surface area contributed by atoms with Crippen LogP contribution in [0, 0.1) is 0 Å². The highest BCUT2D eigenvalue weighted by Crippen LogP contribution is 2.31. The van der Waals surface area contributed by atoms with Gasteiger partial charge in [0.1, 0.15) is 5.82 Å². The molecule has 1 aliphatic rings. The Morgan fingerprint density at radius 2 is 2.27 bits per heavy atom. The van der Waals surface area contributed by atoms with E-state index in [1.807, 2.05) is 17.5 Å². The topological polar surface area (TPSA) is 34.0 Å². The molecule has 0 spiro atoms. The Morgan fingerprint density at radius 3 is 3.00 bits per heavy atom. The Kier molecular flexibility index (Phi) is 4.93. The van der Waals surface area contributed by atoms with Gasteiger partial charge in [0.2, 0.25) is 0 Å². The van der Waals surface area contributed by atoms with Crippen LogP contribution in [-0.4, -0.2) is 32.5 Å². The fourth-order valence-electron chi connectivity index (χ4n) is 3.13. The number of likely N-dealkylation sites (tertiary alicyclic amines) is 1. The zero-order valence-electron chi connectivity index (χ0n) is 13.8. The van der Waals surface area contributed by atoms with Crippen molar-refractivity contribution in [1.82, 2.24) is 19.4 Å². The molecule has 120 valence electrons. The minimum Gasteiger partial charge on any atom is -0.334 e. The average Bonchev–Trinajstić information content (AvgIpc) is 3.16. The average molecular weight is 318 g/mol. The maximum Gasteiger partial charge on any atom is 0.122 e. The normalized spacial score (nSPS) is 19.9. The highest BCUT2D eigenvalue weighted by molar-refractivity contribution is 7.09. The van der Waals surface area contributed by atoms with Gasteiger partial charge in [-0.05, 0) is 32.2 Å². The van der Waals surface area contributed by atoms with E-state index >= 15 is 0 Å². The van der Waals surface area contributed by atoms with E-state index in [1.54, 1.807) is 0 Å². The molecule has 1 saturated heterocycles. The molecule has 22 heavy (non-hydrogen) atoms. The predicted molar refractivity (Wildman–Crippen MR) is 91.4 cm³/mol. The van der Waals surface area contributed by atoms with Crippen LogP contribution >= 0.6 is 11.3 Å². The molecule has 3 heterocycles. The van der Waals surface area contributed by atoms with E-state index in [0.29, 0.717) is 11.8 Å². The molecule has 4 nitrogen and oxygen atoms in total. The molecule has 3 rings (SSSR count). The van der Waals surface area contributed by atoms with Crippen molar-refractivity contribution in [2.45, 2.75) is 58.5 Å². The fourth-order valence-corrected chi connectivity index (χ4v) is 4.24. The van der Waals surface area contributed by atoms with Crippen LogP contribution in [0.15, 0.2) is 17.8 Å². The summed E-state index contributed by atoms with van der Waals surface area (Å²) in [5.74, 6) is 2.31. The smallest absolute Gasteiger partial charge is 0.122 e. The number of aromatic nitrogens is 3. The number of hydrogen-bond acceptors (Lipinski definition) is 4. The molecule has 0 bridgehead atoms. The molecule has 1 unspecified atom stereocenters. The van der Waals surface area contributed by atoms with E-state index in [4.69, 9.17) is 4.98 Å². The third-order valence-electron chi connectivity index (χ3n) is 4.49. The molecule has 1 fully saturated rings. The van der Waals surface area contributed by atoms with E-state index in [2.05, 4.69) is 46.8 Å². The SMILES string of the molecule is CCn1ccnc1CN1CCCC(c2nc(C(C)C)cs2)C1. The van der Waals surface area contributed by atoms with E-state index in [9.17, 15) is 0 Å². The molecular formula is C17H26N4S. The van der Waals surface area contributed by atoms with Crippen molar-refractivity contribution in [2.75, 3.05) is 13.1 Å². The largest absolute Gasteiger partial charge is 0.334 e. The Labute approximate surface area is 137 Å². The van der Waals surface area contributed by atoms with Crippen molar-refractivity contribution < 1.29 is 0 Å².